The van der Waals surface area contributed by atoms with Gasteiger partial charge >= 0.3 is 12.1 Å². The Morgan fingerprint density at radius 2 is 1.65 bits per heavy atom. The Bertz CT molecular complexity index is 316. The first kappa shape index (κ1) is 14.8. The van der Waals surface area contributed by atoms with Crippen LogP contribution in [0.25, 0.3) is 0 Å². The molecule has 5 amide bonds. The molecule has 0 saturated heterocycles. The molecule has 9 heteroatoms. The lowest BCUT2D eigenvalue weighted by atomic mass is 10.4. The highest BCUT2D eigenvalue weighted by Gasteiger charge is 2.10. The third-order valence-corrected chi connectivity index (χ3v) is 1.37. The van der Waals surface area contributed by atoms with Crippen LogP contribution < -0.4 is 16.1 Å². The molecule has 0 heterocycles. The van der Waals surface area contributed by atoms with Crippen molar-refractivity contribution < 1.29 is 28.8 Å². The lowest BCUT2D eigenvalue weighted by Crippen LogP contribution is -2.44. The van der Waals surface area contributed by atoms with Crippen molar-refractivity contribution >= 4 is 23.9 Å². The molecule has 3 N–H and O–H groups in total. The molecule has 0 spiro atoms. The van der Waals surface area contributed by atoms with Crippen LogP contribution in [0, 0.1) is 0 Å². The third kappa shape index (κ3) is 7.73. The number of methoxy groups -OCH3 is 1. The molecule has 0 fully saturated rings. The first-order valence-electron chi connectivity index (χ1n) is 4.59. The van der Waals surface area contributed by atoms with E-state index in [1.54, 1.807) is 12.4 Å². The molecule has 0 rings (SSSR count). The molecule has 0 aromatic heterocycles. The number of nitrogens with one attached hydrogen (secondary N) is 3. The fourth-order valence-electron chi connectivity index (χ4n) is 0.611. The molecule has 17 heavy (non-hydrogen) atoms. The molecule has 0 aliphatic rings. The van der Waals surface area contributed by atoms with Crippen LogP contribution in [0.4, 0.5) is 9.59 Å². The molecule has 96 valence electrons. The lowest BCUT2D eigenvalue weighted by molar-refractivity contribution is -0.126. The second-order valence-electron chi connectivity index (χ2n) is 2.66. The van der Waals surface area contributed by atoms with Crippen molar-refractivity contribution in [1.29, 1.82) is 0 Å². The minimum atomic E-state index is -0.955. The van der Waals surface area contributed by atoms with E-state index in [1.165, 1.54) is 0 Å². The van der Waals surface area contributed by atoms with E-state index in [0.717, 1.165) is 7.11 Å². The summed E-state index contributed by atoms with van der Waals surface area (Å²) in [7, 11) is 1.11. The van der Waals surface area contributed by atoms with Crippen molar-refractivity contribution in [3.05, 3.63) is 0 Å². The van der Waals surface area contributed by atoms with Gasteiger partial charge in [0.25, 0.3) is 5.91 Å². The van der Waals surface area contributed by atoms with E-state index < -0.39 is 30.5 Å². The van der Waals surface area contributed by atoms with E-state index in [0.29, 0.717) is 0 Å². The molecular weight excluding hydrogens is 234 g/mol. The summed E-state index contributed by atoms with van der Waals surface area (Å²) in [6.45, 7) is 0.955. The number of carbonyl (C=O) groups excluding carboxylic acids is 4. The molecule has 0 radical (unpaired) electrons. The van der Waals surface area contributed by atoms with Gasteiger partial charge in [0.1, 0.15) is 0 Å². The van der Waals surface area contributed by atoms with Gasteiger partial charge in [0.05, 0.1) is 7.11 Å². The van der Waals surface area contributed by atoms with Crippen LogP contribution in [-0.2, 0) is 19.2 Å². The van der Waals surface area contributed by atoms with Crippen molar-refractivity contribution in [2.75, 3.05) is 13.7 Å². The Kier molecular flexibility index (Phi) is 7.02. The zero-order valence-electron chi connectivity index (χ0n) is 9.36. The minimum Gasteiger partial charge on any atom is -0.451 e. The van der Waals surface area contributed by atoms with Crippen LogP contribution in [0.15, 0.2) is 0 Å². The van der Waals surface area contributed by atoms with Crippen LogP contribution in [0.2, 0.25) is 0 Å². The number of imide groups is 2. The average molecular weight is 247 g/mol. The first-order chi connectivity index (χ1) is 7.99. The van der Waals surface area contributed by atoms with E-state index in [2.05, 4.69) is 9.57 Å². The predicted molar refractivity (Wildman–Crippen MR) is 53.5 cm³/mol. The van der Waals surface area contributed by atoms with Crippen molar-refractivity contribution in [3.63, 3.8) is 0 Å². The van der Waals surface area contributed by atoms with Crippen LogP contribution in [-0.4, -0.2) is 37.7 Å². The molecule has 0 atom stereocenters. The highest BCUT2D eigenvalue weighted by molar-refractivity contribution is 6.02. The molecule has 0 aromatic rings. The van der Waals surface area contributed by atoms with Gasteiger partial charge in [-0.25, -0.2) is 9.59 Å². The monoisotopic (exact) mass is 247 g/mol. The van der Waals surface area contributed by atoms with Gasteiger partial charge in [-0.2, -0.15) is 5.48 Å². The minimum absolute atomic E-state index is 0.113. The third-order valence-electron chi connectivity index (χ3n) is 1.37. The summed E-state index contributed by atoms with van der Waals surface area (Å²) < 4.78 is 4.15. The Morgan fingerprint density at radius 1 is 1.06 bits per heavy atom. The molecule has 0 aliphatic heterocycles. The molecule has 0 bridgehead atoms. The van der Waals surface area contributed by atoms with E-state index >= 15 is 0 Å². The number of hydrogen-bond acceptors (Lipinski definition) is 6. The van der Waals surface area contributed by atoms with Crippen molar-refractivity contribution in [3.8, 4) is 0 Å². The Labute approximate surface area is 96.8 Å². The number of carbonyl (C=O) groups is 4. The van der Waals surface area contributed by atoms with Crippen molar-refractivity contribution in [2.45, 2.75) is 13.3 Å². The van der Waals surface area contributed by atoms with Gasteiger partial charge in [0, 0.05) is 6.42 Å². The Morgan fingerprint density at radius 3 is 2.18 bits per heavy atom. The van der Waals surface area contributed by atoms with E-state index in [-0.39, 0.29) is 6.42 Å². The number of rotatable bonds is 4. The van der Waals surface area contributed by atoms with Crippen LogP contribution in [0.1, 0.15) is 13.3 Å². The van der Waals surface area contributed by atoms with Gasteiger partial charge in [-0.05, 0) is 0 Å². The van der Waals surface area contributed by atoms with Gasteiger partial charge < -0.3 is 4.74 Å². The molecule has 0 aliphatic carbocycles. The summed E-state index contributed by atoms with van der Waals surface area (Å²) in [5.41, 5.74) is 1.77. The number of urea groups is 1. The predicted octanol–water partition coefficient (Wildman–Crippen LogP) is -0.964. The smallest absolute Gasteiger partial charge is 0.431 e. The highest BCUT2D eigenvalue weighted by atomic mass is 16.7. The lowest BCUT2D eigenvalue weighted by Gasteiger charge is -2.05. The molecular formula is C8H13N3O6. The number of hydroxylamine groups is 1. The van der Waals surface area contributed by atoms with Crippen LogP contribution in [0.3, 0.4) is 0 Å². The summed E-state index contributed by atoms with van der Waals surface area (Å²) in [6.07, 6.45) is -0.773. The highest BCUT2D eigenvalue weighted by Crippen LogP contribution is 1.77. The normalized spacial score (nSPS) is 9.06. The number of hydrogen-bond donors (Lipinski definition) is 3. The molecule has 0 saturated carbocycles. The summed E-state index contributed by atoms with van der Waals surface area (Å²) >= 11 is 0. The largest absolute Gasteiger partial charge is 0.451 e. The Balaban J connectivity index is 3.75. The Hall–Kier alpha value is -2.16. The SMILES string of the molecule is CCC(=O)NC(=O)NC(=O)CONC(=O)OC. The summed E-state index contributed by atoms with van der Waals surface area (Å²) in [5.74, 6) is -1.35. The molecule has 0 aromatic carbocycles. The quantitative estimate of drug-likeness (QED) is 0.549. The summed E-state index contributed by atoms with van der Waals surface area (Å²) in [4.78, 5) is 47.6. The van der Waals surface area contributed by atoms with Crippen LogP contribution in [0.5, 0.6) is 0 Å². The van der Waals surface area contributed by atoms with Gasteiger partial charge in [0.15, 0.2) is 6.61 Å². The van der Waals surface area contributed by atoms with Gasteiger partial charge in [-0.15, -0.1) is 0 Å². The maximum absolute atomic E-state index is 11.0. The maximum atomic E-state index is 11.0. The van der Waals surface area contributed by atoms with E-state index in [9.17, 15) is 19.2 Å². The van der Waals surface area contributed by atoms with Gasteiger partial charge in [0.2, 0.25) is 5.91 Å². The van der Waals surface area contributed by atoms with E-state index in [4.69, 9.17) is 0 Å². The second-order valence-corrected chi connectivity index (χ2v) is 2.66. The number of ether oxygens (including phenoxy) is 1. The second kappa shape index (κ2) is 8.05. The van der Waals surface area contributed by atoms with Gasteiger partial charge in [-0.3, -0.25) is 25.1 Å². The maximum Gasteiger partial charge on any atom is 0.431 e. The average Bonchev–Trinajstić information content (AvgIpc) is 2.28. The summed E-state index contributed by atoms with van der Waals surface area (Å²) in [5, 5.41) is 3.70. The van der Waals surface area contributed by atoms with Crippen LogP contribution >= 0.6 is 0 Å². The fraction of sp³-hybridized carbons (Fsp3) is 0.500. The number of amides is 5. The standard InChI is InChI=1S/C8H13N3O6/c1-3-5(12)9-7(14)10-6(13)4-17-11-8(15)16-2/h3-4H2,1-2H3,(H,11,15)(H2,9,10,12,13,14). The first-order valence-corrected chi connectivity index (χ1v) is 4.59. The fourth-order valence-corrected chi connectivity index (χ4v) is 0.611. The van der Waals surface area contributed by atoms with E-state index in [1.807, 2.05) is 10.6 Å². The topological polar surface area (TPSA) is 123 Å². The molecule has 0 unspecified atom stereocenters. The summed E-state index contributed by atoms with van der Waals surface area (Å²) in [6, 6.07) is -0.955. The van der Waals surface area contributed by atoms with Gasteiger partial charge in [-0.1, -0.05) is 6.92 Å². The molecule has 9 nitrogen and oxygen atoms in total. The van der Waals surface area contributed by atoms with Crippen molar-refractivity contribution in [1.82, 2.24) is 16.1 Å². The zero-order valence-corrected chi connectivity index (χ0v) is 9.36. The van der Waals surface area contributed by atoms with Crippen molar-refractivity contribution in [2.24, 2.45) is 0 Å². The zero-order chi connectivity index (χ0) is 13.3.